The Labute approximate surface area is 123 Å². The van der Waals surface area contributed by atoms with Crippen molar-refractivity contribution in [1.29, 1.82) is 0 Å². The molecular formula is C16H30N2O2. The summed E-state index contributed by atoms with van der Waals surface area (Å²) in [7, 11) is 0. The molecule has 1 aliphatic heterocycles. The van der Waals surface area contributed by atoms with E-state index in [9.17, 15) is 9.59 Å². The van der Waals surface area contributed by atoms with Crippen molar-refractivity contribution >= 4 is 11.8 Å². The van der Waals surface area contributed by atoms with Crippen molar-refractivity contribution in [3.63, 3.8) is 0 Å². The van der Waals surface area contributed by atoms with Gasteiger partial charge in [0.2, 0.25) is 11.8 Å². The van der Waals surface area contributed by atoms with E-state index in [2.05, 4.69) is 26.1 Å². The zero-order valence-corrected chi connectivity index (χ0v) is 13.9. The summed E-state index contributed by atoms with van der Waals surface area (Å²) in [5.74, 6) is 0.673. The average Bonchev–Trinajstić information content (AvgIpc) is 2.32. The Kier molecular flexibility index (Phi) is 5.60. The Hall–Kier alpha value is -1.06. The van der Waals surface area contributed by atoms with E-state index in [1.807, 2.05) is 32.6 Å². The van der Waals surface area contributed by atoms with Gasteiger partial charge in [0.05, 0.1) is 0 Å². The first kappa shape index (κ1) is 17.0. The molecule has 1 fully saturated rings. The number of nitrogens with zero attached hydrogens (tertiary/aromatic N) is 1. The molecule has 1 rings (SSSR count). The van der Waals surface area contributed by atoms with Crippen LogP contribution in [0.15, 0.2) is 0 Å². The quantitative estimate of drug-likeness (QED) is 0.842. The highest BCUT2D eigenvalue weighted by Crippen LogP contribution is 2.27. The van der Waals surface area contributed by atoms with Gasteiger partial charge in [-0.2, -0.15) is 0 Å². The van der Waals surface area contributed by atoms with Gasteiger partial charge in [-0.1, -0.05) is 48.5 Å². The Bertz CT molecular complexity index is 363. The van der Waals surface area contributed by atoms with Crippen LogP contribution in [0.1, 0.15) is 54.9 Å². The van der Waals surface area contributed by atoms with E-state index in [1.165, 1.54) is 0 Å². The van der Waals surface area contributed by atoms with Crippen LogP contribution < -0.4 is 5.32 Å². The van der Waals surface area contributed by atoms with E-state index in [4.69, 9.17) is 0 Å². The molecule has 1 aliphatic rings. The van der Waals surface area contributed by atoms with Crippen molar-refractivity contribution in [2.24, 2.45) is 17.8 Å². The molecular weight excluding hydrogens is 252 g/mol. The third kappa shape index (κ3) is 3.15. The monoisotopic (exact) mass is 282 g/mol. The third-order valence-corrected chi connectivity index (χ3v) is 4.23. The second-order valence-electron chi connectivity index (χ2n) is 6.88. The molecule has 0 aliphatic carbocycles. The van der Waals surface area contributed by atoms with Crippen LogP contribution >= 0.6 is 0 Å². The minimum absolute atomic E-state index is 0.00241. The van der Waals surface area contributed by atoms with Crippen molar-refractivity contribution in [3.8, 4) is 0 Å². The lowest BCUT2D eigenvalue weighted by Crippen LogP contribution is -2.68. The number of amides is 2. The van der Waals surface area contributed by atoms with E-state index < -0.39 is 0 Å². The second-order valence-corrected chi connectivity index (χ2v) is 6.88. The molecule has 1 saturated heterocycles. The molecule has 0 aromatic carbocycles. The van der Waals surface area contributed by atoms with E-state index in [1.54, 1.807) is 0 Å². The molecule has 1 N–H and O–H groups in total. The van der Waals surface area contributed by atoms with Gasteiger partial charge in [0.25, 0.3) is 0 Å². The third-order valence-electron chi connectivity index (χ3n) is 4.23. The number of hydrogen-bond acceptors (Lipinski definition) is 2. The van der Waals surface area contributed by atoms with Crippen LogP contribution in [0.4, 0.5) is 0 Å². The molecule has 0 bridgehead atoms. The molecule has 4 nitrogen and oxygen atoms in total. The standard InChI is InChI=1S/C16H30N2O2/c1-8-12(9(2)3)18-14(11(6)7)15(19)17-13(10(4)5)16(18)20/h9-14H,8H2,1-7H3,(H,17,19). The number of piperazine rings is 1. The predicted octanol–water partition coefficient (Wildman–Crippen LogP) is 2.43. The average molecular weight is 282 g/mol. The molecule has 2 amide bonds. The molecule has 4 heteroatoms. The number of hydrogen-bond donors (Lipinski definition) is 1. The summed E-state index contributed by atoms with van der Waals surface area (Å²) < 4.78 is 0. The van der Waals surface area contributed by atoms with E-state index in [-0.39, 0.29) is 41.8 Å². The summed E-state index contributed by atoms with van der Waals surface area (Å²) in [5, 5.41) is 2.91. The van der Waals surface area contributed by atoms with Crippen LogP contribution in [0.25, 0.3) is 0 Å². The number of nitrogens with one attached hydrogen (secondary N) is 1. The van der Waals surface area contributed by atoms with Gasteiger partial charge in [-0.3, -0.25) is 9.59 Å². The van der Waals surface area contributed by atoms with Crippen molar-refractivity contribution in [3.05, 3.63) is 0 Å². The number of carbonyl (C=O) groups excluding carboxylic acids is 2. The molecule has 3 unspecified atom stereocenters. The SMILES string of the molecule is CCC(C(C)C)N1C(=O)C(C(C)C)NC(=O)C1C(C)C. The summed E-state index contributed by atoms with van der Waals surface area (Å²) in [5.41, 5.74) is 0. The van der Waals surface area contributed by atoms with Crippen molar-refractivity contribution in [2.75, 3.05) is 0 Å². The zero-order chi connectivity index (χ0) is 15.6. The largest absolute Gasteiger partial charge is 0.342 e. The van der Waals surface area contributed by atoms with Crippen LogP contribution in [-0.2, 0) is 9.59 Å². The molecule has 0 aromatic rings. The lowest BCUT2D eigenvalue weighted by Gasteiger charge is -2.47. The Morgan fingerprint density at radius 1 is 1.05 bits per heavy atom. The minimum atomic E-state index is -0.384. The number of carbonyl (C=O) groups is 2. The Morgan fingerprint density at radius 2 is 1.60 bits per heavy atom. The van der Waals surface area contributed by atoms with Crippen LogP contribution in [-0.4, -0.2) is 34.8 Å². The molecule has 0 radical (unpaired) electrons. The van der Waals surface area contributed by atoms with Gasteiger partial charge in [-0.05, 0) is 24.2 Å². The molecule has 0 spiro atoms. The van der Waals surface area contributed by atoms with Crippen molar-refractivity contribution in [2.45, 2.75) is 73.0 Å². The van der Waals surface area contributed by atoms with E-state index in [0.717, 1.165) is 6.42 Å². The van der Waals surface area contributed by atoms with Crippen molar-refractivity contribution in [1.82, 2.24) is 10.2 Å². The fourth-order valence-corrected chi connectivity index (χ4v) is 3.16. The molecule has 116 valence electrons. The molecule has 1 heterocycles. The highest BCUT2D eigenvalue weighted by atomic mass is 16.2. The van der Waals surface area contributed by atoms with Gasteiger partial charge in [0.15, 0.2) is 0 Å². The normalized spacial score (nSPS) is 25.6. The van der Waals surface area contributed by atoms with Crippen LogP contribution in [0.2, 0.25) is 0 Å². The number of rotatable bonds is 5. The molecule has 20 heavy (non-hydrogen) atoms. The molecule has 0 aromatic heterocycles. The zero-order valence-electron chi connectivity index (χ0n) is 13.9. The molecule has 0 saturated carbocycles. The Morgan fingerprint density at radius 3 is 1.95 bits per heavy atom. The first-order chi connectivity index (χ1) is 9.22. The molecule has 3 atom stereocenters. The fraction of sp³-hybridized carbons (Fsp3) is 0.875. The lowest BCUT2D eigenvalue weighted by molar-refractivity contribution is -0.156. The maximum atomic E-state index is 12.8. The summed E-state index contributed by atoms with van der Waals surface area (Å²) in [4.78, 5) is 27.2. The Balaban J connectivity index is 3.20. The van der Waals surface area contributed by atoms with Gasteiger partial charge in [-0.15, -0.1) is 0 Å². The smallest absolute Gasteiger partial charge is 0.246 e. The van der Waals surface area contributed by atoms with Crippen LogP contribution in [0, 0.1) is 17.8 Å². The maximum absolute atomic E-state index is 12.8. The van der Waals surface area contributed by atoms with E-state index >= 15 is 0 Å². The van der Waals surface area contributed by atoms with Gasteiger partial charge in [-0.25, -0.2) is 0 Å². The second kappa shape index (κ2) is 6.59. The van der Waals surface area contributed by atoms with Gasteiger partial charge < -0.3 is 10.2 Å². The minimum Gasteiger partial charge on any atom is -0.342 e. The predicted molar refractivity (Wildman–Crippen MR) is 81.2 cm³/mol. The summed E-state index contributed by atoms with van der Waals surface area (Å²) in [6, 6.07) is -0.600. The summed E-state index contributed by atoms with van der Waals surface area (Å²) in [6.07, 6.45) is 0.880. The van der Waals surface area contributed by atoms with Gasteiger partial charge >= 0.3 is 0 Å². The van der Waals surface area contributed by atoms with Gasteiger partial charge in [0.1, 0.15) is 12.1 Å². The first-order valence-electron chi connectivity index (χ1n) is 7.84. The first-order valence-corrected chi connectivity index (χ1v) is 7.84. The lowest BCUT2D eigenvalue weighted by atomic mass is 9.88. The van der Waals surface area contributed by atoms with Crippen molar-refractivity contribution < 1.29 is 9.59 Å². The van der Waals surface area contributed by atoms with Crippen LogP contribution in [0.3, 0.4) is 0 Å². The van der Waals surface area contributed by atoms with Gasteiger partial charge in [0, 0.05) is 6.04 Å². The highest BCUT2D eigenvalue weighted by Gasteiger charge is 2.45. The fourth-order valence-electron chi connectivity index (χ4n) is 3.16. The van der Waals surface area contributed by atoms with E-state index in [0.29, 0.717) is 5.92 Å². The summed E-state index contributed by atoms with van der Waals surface area (Å²) >= 11 is 0. The summed E-state index contributed by atoms with van der Waals surface area (Å²) in [6.45, 7) is 14.3. The highest BCUT2D eigenvalue weighted by molar-refractivity contribution is 5.97. The topological polar surface area (TPSA) is 49.4 Å². The van der Waals surface area contributed by atoms with Crippen LogP contribution in [0.5, 0.6) is 0 Å². The maximum Gasteiger partial charge on any atom is 0.246 e.